The number of benzene rings is 2. The third kappa shape index (κ3) is 5.06. The lowest BCUT2D eigenvalue weighted by atomic mass is 9.82. The average molecular weight is 510 g/mol. The van der Waals surface area contributed by atoms with Crippen molar-refractivity contribution in [1.82, 2.24) is 10.9 Å². The zero-order valence-electron chi connectivity index (χ0n) is 20.4. The fourth-order valence-corrected chi connectivity index (χ4v) is 4.91. The fourth-order valence-electron chi connectivity index (χ4n) is 4.91. The molecule has 0 aliphatic heterocycles. The maximum absolute atomic E-state index is 12.8. The van der Waals surface area contributed by atoms with Crippen LogP contribution in [0.2, 0.25) is 0 Å². The summed E-state index contributed by atoms with van der Waals surface area (Å²) in [6.45, 7) is 0. The summed E-state index contributed by atoms with van der Waals surface area (Å²) < 4.78 is 15.8. The van der Waals surface area contributed by atoms with E-state index in [4.69, 9.17) is 14.2 Å². The first-order valence-electron chi connectivity index (χ1n) is 11.5. The first-order chi connectivity index (χ1) is 17.8. The van der Waals surface area contributed by atoms with Gasteiger partial charge in [0, 0.05) is 16.8 Å². The van der Waals surface area contributed by atoms with Crippen LogP contribution < -0.4 is 30.4 Å². The number of nitrogens with one attached hydrogen (secondary N) is 3. The molecule has 0 saturated heterocycles. The van der Waals surface area contributed by atoms with Crippen LogP contribution in [0.3, 0.4) is 0 Å². The lowest BCUT2D eigenvalue weighted by Crippen LogP contribution is -2.48. The Hall–Kier alpha value is -4.54. The highest BCUT2D eigenvalue weighted by Crippen LogP contribution is 2.48. The van der Waals surface area contributed by atoms with Crippen molar-refractivity contribution in [3.8, 4) is 17.2 Å². The van der Waals surface area contributed by atoms with E-state index >= 15 is 0 Å². The van der Waals surface area contributed by atoms with E-state index in [-0.39, 0.29) is 23.0 Å². The zero-order chi connectivity index (χ0) is 26.7. The number of fused-ring (bicyclic) bond motifs is 2. The second-order valence-electron chi connectivity index (χ2n) is 8.73. The molecule has 2 aliphatic carbocycles. The molecule has 1 saturated carbocycles. The number of carbonyl (C=O) groups is 4. The summed E-state index contributed by atoms with van der Waals surface area (Å²) in [6.07, 6.45) is 4.32. The number of rotatable bonds is 8. The standard InChI is InChI=1S/C26H27N3O8/c1-35-18-11-16(12-19(36-2)22(18)37-3)23(30)27-17-8-6-13(7-9-17)24(31)28-29-25(32)20-14-4-5-15(10-14)21(20)26(33)34/h4-9,11-12,14-15,20-21H,10H2,1-3H3,(H,27,30)(H,28,31)(H,29,32)(H,33,34)/t14-,15-,20-,21+/m0/s1. The van der Waals surface area contributed by atoms with Gasteiger partial charge < -0.3 is 24.6 Å². The minimum absolute atomic E-state index is 0.156. The Morgan fingerprint density at radius 3 is 1.92 bits per heavy atom. The first kappa shape index (κ1) is 25.5. The summed E-state index contributed by atoms with van der Waals surface area (Å²) in [6, 6.07) is 9.06. The Labute approximate surface area is 212 Å². The highest BCUT2D eigenvalue weighted by atomic mass is 16.5. The molecule has 4 rings (SSSR count). The number of allylic oxidation sites excluding steroid dienone is 2. The van der Waals surface area contributed by atoms with Crippen LogP contribution in [-0.4, -0.2) is 50.1 Å². The van der Waals surface area contributed by atoms with Gasteiger partial charge in [0.05, 0.1) is 33.2 Å². The Morgan fingerprint density at radius 1 is 0.784 bits per heavy atom. The van der Waals surface area contributed by atoms with Crippen LogP contribution in [0.1, 0.15) is 27.1 Å². The average Bonchev–Trinajstić information content (AvgIpc) is 3.53. The van der Waals surface area contributed by atoms with Crippen molar-refractivity contribution in [3.63, 3.8) is 0 Å². The minimum atomic E-state index is -1.02. The number of hydrogen-bond donors (Lipinski definition) is 4. The SMILES string of the molecule is COc1cc(C(=O)Nc2ccc(C(=O)NNC(=O)[C@@H]3[C@H](C(=O)O)[C@H]4C=C[C@H]3C4)cc2)cc(OC)c1OC. The number of methoxy groups -OCH3 is 3. The summed E-state index contributed by atoms with van der Waals surface area (Å²) in [7, 11) is 4.36. The van der Waals surface area contributed by atoms with Crippen molar-refractivity contribution in [3.05, 3.63) is 59.7 Å². The lowest BCUT2D eigenvalue weighted by molar-refractivity contribution is -0.148. The Bertz CT molecular complexity index is 1230. The molecule has 2 bridgehead atoms. The molecule has 0 unspecified atom stereocenters. The summed E-state index contributed by atoms with van der Waals surface area (Å²) in [5.41, 5.74) is 5.62. The monoisotopic (exact) mass is 509 g/mol. The number of ether oxygens (including phenoxy) is 3. The molecular weight excluding hydrogens is 482 g/mol. The third-order valence-electron chi connectivity index (χ3n) is 6.68. The van der Waals surface area contributed by atoms with E-state index in [0.29, 0.717) is 29.4 Å². The van der Waals surface area contributed by atoms with Gasteiger partial charge in [-0.2, -0.15) is 0 Å². The second kappa shape index (κ2) is 10.6. The van der Waals surface area contributed by atoms with Crippen molar-refractivity contribution < 1.29 is 38.5 Å². The minimum Gasteiger partial charge on any atom is -0.493 e. The van der Waals surface area contributed by atoms with Crippen LogP contribution in [0, 0.1) is 23.7 Å². The van der Waals surface area contributed by atoms with E-state index in [9.17, 15) is 24.3 Å². The molecule has 2 aliphatic rings. The largest absolute Gasteiger partial charge is 0.493 e. The van der Waals surface area contributed by atoms with Crippen molar-refractivity contribution in [2.75, 3.05) is 26.6 Å². The number of hydrazine groups is 1. The highest BCUT2D eigenvalue weighted by molar-refractivity contribution is 6.05. The number of carboxylic acid groups (broad SMARTS) is 1. The van der Waals surface area contributed by atoms with Crippen molar-refractivity contribution in [2.24, 2.45) is 23.7 Å². The van der Waals surface area contributed by atoms with Crippen LogP contribution in [0.5, 0.6) is 17.2 Å². The Balaban J connectivity index is 1.36. The van der Waals surface area contributed by atoms with Crippen molar-refractivity contribution in [1.29, 1.82) is 0 Å². The van der Waals surface area contributed by atoms with Gasteiger partial charge >= 0.3 is 5.97 Å². The van der Waals surface area contributed by atoms with Crippen LogP contribution in [-0.2, 0) is 9.59 Å². The number of carboxylic acids is 1. The summed E-state index contributed by atoms with van der Waals surface area (Å²) >= 11 is 0. The van der Waals surface area contributed by atoms with Gasteiger partial charge in [0.1, 0.15) is 0 Å². The quantitative estimate of drug-likeness (QED) is 0.312. The van der Waals surface area contributed by atoms with Gasteiger partial charge in [-0.05, 0) is 54.7 Å². The predicted octanol–water partition coefficient (Wildman–Crippen LogP) is 2.25. The maximum atomic E-state index is 12.8. The molecule has 0 radical (unpaired) electrons. The second-order valence-corrected chi connectivity index (χ2v) is 8.73. The summed E-state index contributed by atoms with van der Waals surface area (Å²) in [5.74, 6) is -3.42. The van der Waals surface area contributed by atoms with Crippen LogP contribution in [0.15, 0.2) is 48.6 Å². The van der Waals surface area contributed by atoms with Crippen LogP contribution >= 0.6 is 0 Å². The summed E-state index contributed by atoms with van der Waals surface area (Å²) in [5, 5.41) is 12.2. The molecule has 2 aromatic carbocycles. The molecule has 2 aromatic rings. The predicted molar refractivity (Wildman–Crippen MR) is 131 cm³/mol. The lowest BCUT2D eigenvalue weighted by Gasteiger charge is -2.23. The summed E-state index contributed by atoms with van der Waals surface area (Å²) in [4.78, 5) is 49.5. The van der Waals surface area contributed by atoms with Gasteiger partial charge in [0.25, 0.3) is 11.8 Å². The first-order valence-corrected chi connectivity index (χ1v) is 11.5. The number of aliphatic carboxylic acids is 1. The molecule has 194 valence electrons. The number of anilines is 1. The molecule has 1 fully saturated rings. The molecule has 0 heterocycles. The third-order valence-corrected chi connectivity index (χ3v) is 6.68. The van der Waals surface area contributed by atoms with Gasteiger partial charge in [0.15, 0.2) is 11.5 Å². The van der Waals surface area contributed by atoms with Gasteiger partial charge in [-0.3, -0.25) is 30.0 Å². The molecular formula is C26H27N3O8. The van der Waals surface area contributed by atoms with Gasteiger partial charge in [0.2, 0.25) is 11.7 Å². The molecule has 11 nitrogen and oxygen atoms in total. The van der Waals surface area contributed by atoms with Crippen LogP contribution in [0.25, 0.3) is 0 Å². The Kier molecular flexibility index (Phi) is 7.32. The van der Waals surface area contributed by atoms with E-state index in [1.807, 2.05) is 12.2 Å². The number of hydrogen-bond acceptors (Lipinski definition) is 7. The maximum Gasteiger partial charge on any atom is 0.307 e. The van der Waals surface area contributed by atoms with E-state index in [2.05, 4.69) is 16.2 Å². The molecule has 4 N–H and O–H groups in total. The zero-order valence-corrected chi connectivity index (χ0v) is 20.4. The van der Waals surface area contributed by atoms with Gasteiger partial charge in [-0.15, -0.1) is 0 Å². The molecule has 3 amide bonds. The highest BCUT2D eigenvalue weighted by Gasteiger charge is 2.51. The number of carbonyl (C=O) groups excluding carboxylic acids is 3. The normalized spacial score (nSPS) is 21.2. The smallest absolute Gasteiger partial charge is 0.307 e. The molecule has 4 atom stereocenters. The molecule has 11 heteroatoms. The van der Waals surface area contributed by atoms with E-state index in [1.54, 1.807) is 0 Å². The van der Waals surface area contributed by atoms with E-state index in [1.165, 1.54) is 57.7 Å². The van der Waals surface area contributed by atoms with Crippen molar-refractivity contribution in [2.45, 2.75) is 6.42 Å². The molecule has 37 heavy (non-hydrogen) atoms. The molecule has 0 aromatic heterocycles. The van der Waals surface area contributed by atoms with E-state index in [0.717, 1.165) is 0 Å². The van der Waals surface area contributed by atoms with Crippen LogP contribution in [0.4, 0.5) is 5.69 Å². The van der Waals surface area contributed by atoms with Crippen molar-refractivity contribution >= 4 is 29.4 Å². The van der Waals surface area contributed by atoms with Gasteiger partial charge in [-0.25, -0.2) is 0 Å². The van der Waals surface area contributed by atoms with E-state index < -0.39 is 35.5 Å². The molecule has 0 spiro atoms. The topological polar surface area (TPSA) is 152 Å². The Morgan fingerprint density at radius 2 is 1.38 bits per heavy atom. The number of amides is 3. The fraction of sp³-hybridized carbons (Fsp3) is 0.308. The van der Waals surface area contributed by atoms with Gasteiger partial charge in [-0.1, -0.05) is 12.2 Å².